The van der Waals surface area contributed by atoms with Crippen molar-refractivity contribution in [1.82, 2.24) is 10.3 Å². The number of hydrogen-bond donors (Lipinski definition) is 2. The van der Waals surface area contributed by atoms with E-state index in [1.54, 1.807) is 48.5 Å². The van der Waals surface area contributed by atoms with Crippen LogP contribution in [-0.2, 0) is 10.0 Å². The third-order valence-corrected chi connectivity index (χ3v) is 5.13. The fraction of sp³-hybridized carbons (Fsp3) is 0. The van der Waals surface area contributed by atoms with Crippen LogP contribution in [-0.4, -0.2) is 14.3 Å². The van der Waals surface area contributed by atoms with Crippen molar-refractivity contribution in [3.05, 3.63) is 89.4 Å². The third kappa shape index (κ3) is 4.29. The smallest absolute Gasteiger partial charge is 0.266 e. The molecule has 1 amide bonds. The van der Waals surface area contributed by atoms with Gasteiger partial charge in [0.1, 0.15) is 0 Å². The first-order chi connectivity index (χ1) is 12.5. The first-order valence-electron chi connectivity index (χ1n) is 7.69. The summed E-state index contributed by atoms with van der Waals surface area (Å²) in [6, 6.07) is 21.9. The molecule has 0 aliphatic heterocycles. The van der Waals surface area contributed by atoms with Gasteiger partial charge in [-0.3, -0.25) is 10.2 Å². The fourth-order valence-electron chi connectivity index (χ4n) is 2.35. The van der Waals surface area contributed by atoms with Gasteiger partial charge in [0.2, 0.25) is 0 Å². The molecule has 5 nitrogen and oxygen atoms in total. The number of carbonyl (C=O) groups excluding carboxylic acids is 1. The molecule has 0 saturated heterocycles. The van der Waals surface area contributed by atoms with E-state index in [9.17, 15) is 13.2 Å². The van der Waals surface area contributed by atoms with E-state index in [1.807, 2.05) is 18.2 Å². The lowest BCUT2D eigenvalue weighted by molar-refractivity contribution is 0.0945. The van der Waals surface area contributed by atoms with Crippen molar-refractivity contribution in [2.75, 3.05) is 0 Å². The maximum absolute atomic E-state index is 12.3. The van der Waals surface area contributed by atoms with Gasteiger partial charge in [-0.2, -0.15) is 0 Å². The molecular weight excluding hydrogens is 372 g/mol. The fourth-order valence-corrected chi connectivity index (χ4v) is 3.40. The molecule has 0 fully saturated rings. The third-order valence-electron chi connectivity index (χ3n) is 3.64. The highest BCUT2D eigenvalue weighted by molar-refractivity contribution is 7.89. The van der Waals surface area contributed by atoms with Crippen molar-refractivity contribution in [1.29, 1.82) is 0 Å². The van der Waals surface area contributed by atoms with Crippen LogP contribution in [0, 0.1) is 0 Å². The molecule has 26 heavy (non-hydrogen) atoms. The first kappa shape index (κ1) is 18.1. The van der Waals surface area contributed by atoms with Crippen molar-refractivity contribution in [3.63, 3.8) is 0 Å². The molecule has 0 saturated carbocycles. The Morgan fingerprint density at radius 1 is 0.808 bits per heavy atom. The zero-order valence-electron chi connectivity index (χ0n) is 13.5. The van der Waals surface area contributed by atoms with E-state index in [1.165, 1.54) is 12.1 Å². The number of carbonyl (C=O) groups is 1. The lowest BCUT2D eigenvalue weighted by Gasteiger charge is -2.09. The summed E-state index contributed by atoms with van der Waals surface area (Å²) in [5.74, 6) is -0.562. The van der Waals surface area contributed by atoms with E-state index in [0.29, 0.717) is 10.6 Å². The van der Waals surface area contributed by atoms with Crippen LogP contribution in [0.15, 0.2) is 83.8 Å². The Hall–Kier alpha value is -2.67. The number of amides is 1. The molecule has 0 bridgehead atoms. The number of halogens is 1. The lowest BCUT2D eigenvalue weighted by atomic mass is 10.0. The monoisotopic (exact) mass is 386 g/mol. The molecule has 132 valence electrons. The lowest BCUT2D eigenvalue weighted by Crippen LogP contribution is -2.41. The highest BCUT2D eigenvalue weighted by Gasteiger charge is 2.15. The van der Waals surface area contributed by atoms with Gasteiger partial charge < -0.3 is 0 Å². The van der Waals surface area contributed by atoms with Gasteiger partial charge in [-0.25, -0.2) is 8.42 Å². The second-order valence-electron chi connectivity index (χ2n) is 5.46. The van der Waals surface area contributed by atoms with Crippen LogP contribution in [0.3, 0.4) is 0 Å². The van der Waals surface area contributed by atoms with E-state index in [4.69, 9.17) is 11.6 Å². The molecule has 0 aromatic heterocycles. The van der Waals surface area contributed by atoms with Gasteiger partial charge in [-0.1, -0.05) is 54.1 Å². The Labute approximate surface area is 156 Å². The van der Waals surface area contributed by atoms with Gasteiger partial charge in [-0.05, 0) is 47.5 Å². The SMILES string of the molecule is O=C(NNS(=O)(=O)c1ccccc1)c1cccc(-c2cccc(Cl)c2)c1. The largest absolute Gasteiger partial charge is 0.273 e. The molecule has 3 rings (SSSR count). The Kier molecular flexibility index (Phi) is 5.37. The quantitative estimate of drug-likeness (QED) is 0.657. The van der Waals surface area contributed by atoms with Gasteiger partial charge in [0.15, 0.2) is 0 Å². The Morgan fingerprint density at radius 3 is 2.15 bits per heavy atom. The molecule has 0 atom stereocenters. The van der Waals surface area contributed by atoms with E-state index in [0.717, 1.165) is 11.1 Å². The molecule has 0 radical (unpaired) electrons. The number of nitrogens with one attached hydrogen (secondary N) is 2. The molecule has 0 aliphatic rings. The van der Waals surface area contributed by atoms with Gasteiger partial charge in [-0.15, -0.1) is 4.83 Å². The van der Waals surface area contributed by atoms with Gasteiger partial charge in [0.25, 0.3) is 15.9 Å². The Bertz CT molecular complexity index is 1040. The number of rotatable bonds is 5. The molecular formula is C19H15ClN2O3S. The summed E-state index contributed by atoms with van der Waals surface area (Å²) in [4.78, 5) is 14.5. The highest BCUT2D eigenvalue weighted by Crippen LogP contribution is 2.23. The van der Waals surface area contributed by atoms with Gasteiger partial charge >= 0.3 is 0 Å². The zero-order valence-corrected chi connectivity index (χ0v) is 15.1. The van der Waals surface area contributed by atoms with Crippen LogP contribution in [0.5, 0.6) is 0 Å². The summed E-state index contributed by atoms with van der Waals surface area (Å²) in [5, 5.41) is 0.591. The Morgan fingerprint density at radius 2 is 1.46 bits per heavy atom. The van der Waals surface area contributed by atoms with Crippen molar-refractivity contribution < 1.29 is 13.2 Å². The second-order valence-corrected chi connectivity index (χ2v) is 7.58. The molecule has 0 unspecified atom stereocenters. The molecule has 0 aliphatic carbocycles. The molecule has 0 heterocycles. The van der Waals surface area contributed by atoms with Crippen LogP contribution in [0.4, 0.5) is 0 Å². The molecule has 2 N–H and O–H groups in total. The van der Waals surface area contributed by atoms with E-state index < -0.39 is 15.9 Å². The van der Waals surface area contributed by atoms with Crippen LogP contribution in [0.25, 0.3) is 11.1 Å². The molecule has 7 heteroatoms. The van der Waals surface area contributed by atoms with Gasteiger partial charge in [0.05, 0.1) is 4.90 Å². The van der Waals surface area contributed by atoms with Crippen LogP contribution in [0.1, 0.15) is 10.4 Å². The minimum Gasteiger partial charge on any atom is -0.273 e. The van der Waals surface area contributed by atoms with Crippen LogP contribution in [0.2, 0.25) is 5.02 Å². The maximum Gasteiger partial charge on any atom is 0.266 e. The Balaban J connectivity index is 1.76. The van der Waals surface area contributed by atoms with E-state index in [-0.39, 0.29) is 4.90 Å². The summed E-state index contributed by atoms with van der Waals surface area (Å²) >= 11 is 6.00. The predicted molar refractivity (Wildman–Crippen MR) is 101 cm³/mol. The predicted octanol–water partition coefficient (Wildman–Crippen LogP) is 3.63. The van der Waals surface area contributed by atoms with Crippen LogP contribution < -0.4 is 10.3 Å². The number of hydrazine groups is 1. The van der Waals surface area contributed by atoms with E-state index >= 15 is 0 Å². The first-order valence-corrected chi connectivity index (χ1v) is 9.55. The highest BCUT2D eigenvalue weighted by atomic mass is 35.5. The summed E-state index contributed by atoms with van der Waals surface area (Å²) in [7, 11) is -3.83. The molecule has 3 aromatic rings. The number of benzene rings is 3. The summed E-state index contributed by atoms with van der Waals surface area (Å²) in [6.45, 7) is 0. The summed E-state index contributed by atoms with van der Waals surface area (Å²) in [6.07, 6.45) is 0. The van der Waals surface area contributed by atoms with Crippen LogP contribution >= 0.6 is 11.6 Å². The van der Waals surface area contributed by atoms with E-state index in [2.05, 4.69) is 10.3 Å². The second kappa shape index (κ2) is 7.70. The normalized spacial score (nSPS) is 11.1. The average molecular weight is 387 g/mol. The minimum atomic E-state index is -3.83. The van der Waals surface area contributed by atoms with Gasteiger partial charge in [0, 0.05) is 10.6 Å². The topological polar surface area (TPSA) is 75.3 Å². The average Bonchev–Trinajstić information content (AvgIpc) is 2.67. The number of sulfonamides is 1. The maximum atomic E-state index is 12.3. The van der Waals surface area contributed by atoms with Crippen molar-refractivity contribution in [2.24, 2.45) is 0 Å². The molecule has 3 aromatic carbocycles. The standard InChI is InChI=1S/C19H15ClN2O3S/c20-17-9-5-7-15(13-17)14-6-4-8-16(12-14)19(23)21-22-26(24,25)18-10-2-1-3-11-18/h1-13,22H,(H,21,23). The molecule has 0 spiro atoms. The number of hydrogen-bond acceptors (Lipinski definition) is 3. The van der Waals surface area contributed by atoms with Crippen molar-refractivity contribution in [3.8, 4) is 11.1 Å². The summed E-state index contributed by atoms with van der Waals surface area (Å²) in [5.41, 5.74) is 4.20. The van der Waals surface area contributed by atoms with Crippen molar-refractivity contribution >= 4 is 27.5 Å². The summed E-state index contributed by atoms with van der Waals surface area (Å²) < 4.78 is 24.3. The minimum absolute atomic E-state index is 0.0629. The zero-order chi connectivity index (χ0) is 18.6. The van der Waals surface area contributed by atoms with Crippen molar-refractivity contribution in [2.45, 2.75) is 4.90 Å².